The Hall–Kier alpha value is -3.78. The number of non-ortho nitro benzene ring substituents is 1. The number of nitro benzene ring substituents is 1. The molecule has 29 heavy (non-hydrogen) atoms. The molecule has 3 aromatic rings. The lowest BCUT2D eigenvalue weighted by Crippen LogP contribution is -2.08. The van der Waals surface area contributed by atoms with E-state index in [4.69, 9.17) is 0 Å². The van der Waals surface area contributed by atoms with E-state index in [1.54, 1.807) is 6.08 Å². The molecule has 8 heteroatoms. The molecular weight excluding hydrogens is 392 g/mol. The molecule has 3 rings (SSSR count). The molecular formula is C21H16N2O5S. The third kappa shape index (κ3) is 4.94. The third-order valence-corrected chi connectivity index (χ3v) is 5.80. The maximum atomic E-state index is 12.6. The topological polar surface area (TPSA) is 106 Å². The SMILES string of the molecule is O=C(/C=C/c1ccccc1)Nc1ccc(S(=O)(=O)c2ccc([N+](=O)[O-])cc2)cc1. The number of carbonyl (C=O) groups excluding carboxylic acids is 1. The molecule has 3 aromatic carbocycles. The van der Waals surface area contributed by atoms with Crippen molar-refractivity contribution in [2.45, 2.75) is 9.79 Å². The van der Waals surface area contributed by atoms with Crippen LogP contribution in [0.3, 0.4) is 0 Å². The van der Waals surface area contributed by atoms with E-state index in [-0.39, 0.29) is 21.4 Å². The van der Waals surface area contributed by atoms with Crippen molar-refractivity contribution >= 4 is 33.2 Å². The van der Waals surface area contributed by atoms with Crippen molar-refractivity contribution in [3.05, 3.63) is 101 Å². The fourth-order valence-corrected chi connectivity index (χ4v) is 3.78. The first-order chi connectivity index (χ1) is 13.9. The van der Waals surface area contributed by atoms with Crippen LogP contribution >= 0.6 is 0 Å². The van der Waals surface area contributed by atoms with E-state index in [2.05, 4.69) is 5.32 Å². The summed E-state index contributed by atoms with van der Waals surface area (Å²) in [4.78, 5) is 22.1. The van der Waals surface area contributed by atoms with Crippen LogP contribution in [0.15, 0.2) is 94.7 Å². The quantitative estimate of drug-likeness (QED) is 0.376. The number of hydrogen-bond donors (Lipinski definition) is 1. The Balaban J connectivity index is 1.71. The normalized spacial score (nSPS) is 11.3. The van der Waals surface area contributed by atoms with Crippen LogP contribution in [-0.4, -0.2) is 19.2 Å². The van der Waals surface area contributed by atoms with Gasteiger partial charge in [-0.25, -0.2) is 8.42 Å². The Morgan fingerprint density at radius 1 is 0.862 bits per heavy atom. The molecule has 0 heterocycles. The number of hydrogen-bond acceptors (Lipinski definition) is 5. The number of carbonyl (C=O) groups is 1. The molecule has 0 saturated heterocycles. The highest BCUT2D eigenvalue weighted by atomic mass is 32.2. The van der Waals surface area contributed by atoms with E-state index >= 15 is 0 Å². The Bertz CT molecular complexity index is 1150. The summed E-state index contributed by atoms with van der Waals surface area (Å²) in [5, 5.41) is 13.4. The molecule has 0 saturated carbocycles. The van der Waals surface area contributed by atoms with Crippen LogP contribution in [0, 0.1) is 10.1 Å². The van der Waals surface area contributed by atoms with E-state index < -0.39 is 14.8 Å². The zero-order valence-corrected chi connectivity index (χ0v) is 15.9. The summed E-state index contributed by atoms with van der Waals surface area (Å²) in [6.45, 7) is 0. The lowest BCUT2D eigenvalue weighted by Gasteiger charge is -2.07. The second-order valence-corrected chi connectivity index (χ2v) is 7.96. The molecule has 146 valence electrons. The average molecular weight is 408 g/mol. The number of rotatable bonds is 6. The summed E-state index contributed by atoms with van der Waals surface area (Å²) in [6.07, 6.45) is 3.06. The van der Waals surface area contributed by atoms with Crippen molar-refractivity contribution in [3.63, 3.8) is 0 Å². The van der Waals surface area contributed by atoms with Gasteiger partial charge in [0.15, 0.2) is 0 Å². The number of amides is 1. The summed E-state index contributed by atoms with van der Waals surface area (Å²) >= 11 is 0. The van der Waals surface area contributed by atoms with Gasteiger partial charge in [0.05, 0.1) is 14.7 Å². The minimum atomic E-state index is -3.82. The van der Waals surface area contributed by atoms with E-state index in [9.17, 15) is 23.3 Å². The number of nitro groups is 1. The largest absolute Gasteiger partial charge is 0.323 e. The van der Waals surface area contributed by atoms with Crippen LogP contribution in [0.2, 0.25) is 0 Å². The fourth-order valence-electron chi connectivity index (χ4n) is 2.52. The van der Waals surface area contributed by atoms with E-state index in [0.29, 0.717) is 5.69 Å². The van der Waals surface area contributed by atoms with E-state index in [1.165, 1.54) is 42.5 Å². The summed E-state index contributed by atoms with van der Waals surface area (Å²) in [5.41, 5.74) is 1.13. The van der Waals surface area contributed by atoms with Crippen LogP contribution in [0.25, 0.3) is 6.08 Å². The lowest BCUT2D eigenvalue weighted by molar-refractivity contribution is -0.384. The van der Waals surface area contributed by atoms with Crippen molar-refractivity contribution < 1.29 is 18.1 Å². The van der Waals surface area contributed by atoms with Crippen LogP contribution in [0.4, 0.5) is 11.4 Å². The van der Waals surface area contributed by atoms with Gasteiger partial charge in [0, 0.05) is 23.9 Å². The molecule has 0 aliphatic rings. The van der Waals surface area contributed by atoms with Gasteiger partial charge in [0.2, 0.25) is 15.7 Å². The van der Waals surface area contributed by atoms with Gasteiger partial charge in [-0.05, 0) is 48.0 Å². The van der Waals surface area contributed by atoms with E-state index in [0.717, 1.165) is 17.7 Å². The number of anilines is 1. The second-order valence-electron chi connectivity index (χ2n) is 6.01. The highest BCUT2D eigenvalue weighted by Gasteiger charge is 2.18. The molecule has 0 unspecified atom stereocenters. The van der Waals surface area contributed by atoms with Gasteiger partial charge in [-0.2, -0.15) is 0 Å². The van der Waals surface area contributed by atoms with Crippen molar-refractivity contribution in [2.75, 3.05) is 5.32 Å². The molecule has 0 aliphatic heterocycles. The number of sulfone groups is 1. The van der Waals surface area contributed by atoms with Crippen molar-refractivity contribution in [2.24, 2.45) is 0 Å². The van der Waals surface area contributed by atoms with Crippen LogP contribution in [0.1, 0.15) is 5.56 Å². The minimum Gasteiger partial charge on any atom is -0.323 e. The first-order valence-corrected chi connectivity index (χ1v) is 9.98. The van der Waals surface area contributed by atoms with Crippen molar-refractivity contribution in [1.82, 2.24) is 0 Å². The fraction of sp³-hybridized carbons (Fsp3) is 0. The number of benzene rings is 3. The van der Waals surface area contributed by atoms with Gasteiger partial charge < -0.3 is 5.32 Å². The smallest absolute Gasteiger partial charge is 0.269 e. The van der Waals surface area contributed by atoms with Crippen LogP contribution in [0.5, 0.6) is 0 Å². The highest BCUT2D eigenvalue weighted by molar-refractivity contribution is 7.91. The molecule has 0 fully saturated rings. The first kappa shape index (κ1) is 20.0. The Kier molecular flexibility index (Phi) is 5.85. The van der Waals surface area contributed by atoms with Gasteiger partial charge >= 0.3 is 0 Å². The lowest BCUT2D eigenvalue weighted by atomic mass is 10.2. The maximum Gasteiger partial charge on any atom is 0.269 e. The third-order valence-electron chi connectivity index (χ3n) is 4.02. The van der Waals surface area contributed by atoms with Gasteiger partial charge in [-0.1, -0.05) is 30.3 Å². The maximum absolute atomic E-state index is 12.6. The van der Waals surface area contributed by atoms with Crippen molar-refractivity contribution in [1.29, 1.82) is 0 Å². The summed E-state index contributed by atoms with van der Waals surface area (Å²) in [5.74, 6) is -0.347. The minimum absolute atomic E-state index is 0.0178. The molecule has 0 bridgehead atoms. The molecule has 1 N–H and O–H groups in total. The molecule has 0 atom stereocenters. The van der Waals surface area contributed by atoms with Gasteiger partial charge in [0.25, 0.3) is 5.69 Å². The molecule has 0 radical (unpaired) electrons. The Morgan fingerprint density at radius 2 is 1.41 bits per heavy atom. The predicted molar refractivity (Wildman–Crippen MR) is 109 cm³/mol. The zero-order chi connectivity index (χ0) is 20.9. The zero-order valence-electron chi connectivity index (χ0n) is 15.1. The highest BCUT2D eigenvalue weighted by Crippen LogP contribution is 2.24. The second kappa shape index (κ2) is 8.49. The van der Waals surface area contributed by atoms with Crippen molar-refractivity contribution in [3.8, 4) is 0 Å². The predicted octanol–water partition coefficient (Wildman–Crippen LogP) is 4.08. The monoisotopic (exact) mass is 408 g/mol. The molecule has 0 aromatic heterocycles. The first-order valence-electron chi connectivity index (χ1n) is 8.50. The summed E-state index contributed by atoms with van der Waals surface area (Å²) in [6, 6.07) is 19.7. The molecule has 0 spiro atoms. The molecule has 1 amide bonds. The summed E-state index contributed by atoms with van der Waals surface area (Å²) < 4.78 is 25.3. The standard InChI is InChI=1S/C21H16N2O5S/c24-21(15-6-16-4-2-1-3-5-16)22-17-7-11-19(12-8-17)29(27,28)20-13-9-18(10-14-20)23(25)26/h1-15H,(H,22,24)/b15-6+. The van der Waals surface area contributed by atoms with Gasteiger partial charge in [-0.15, -0.1) is 0 Å². The Labute approximate surface area is 167 Å². The molecule has 0 aliphatic carbocycles. The van der Waals surface area contributed by atoms with Gasteiger partial charge in [0.1, 0.15) is 0 Å². The van der Waals surface area contributed by atoms with Gasteiger partial charge in [-0.3, -0.25) is 14.9 Å². The summed E-state index contributed by atoms with van der Waals surface area (Å²) in [7, 11) is -3.82. The van der Waals surface area contributed by atoms with Crippen LogP contribution in [-0.2, 0) is 14.6 Å². The Morgan fingerprint density at radius 3 is 1.97 bits per heavy atom. The number of nitrogens with zero attached hydrogens (tertiary/aromatic N) is 1. The molecule has 7 nitrogen and oxygen atoms in total. The average Bonchev–Trinajstić information content (AvgIpc) is 2.73. The van der Waals surface area contributed by atoms with Crippen LogP contribution < -0.4 is 5.32 Å². The van der Waals surface area contributed by atoms with E-state index in [1.807, 2.05) is 30.3 Å². The number of nitrogens with one attached hydrogen (secondary N) is 1.